The van der Waals surface area contributed by atoms with Crippen LogP contribution in [0.4, 0.5) is 5.13 Å². The molecule has 0 radical (unpaired) electrons. The minimum absolute atomic E-state index is 0.0305. The first-order valence-electron chi connectivity index (χ1n) is 8.30. The highest BCUT2D eigenvalue weighted by molar-refractivity contribution is 7.16. The number of anilines is 1. The van der Waals surface area contributed by atoms with Gasteiger partial charge in [-0.3, -0.25) is 4.79 Å². The Balaban J connectivity index is 1.63. The number of nitrogens with zero attached hydrogens (tertiary/aromatic N) is 2. The third kappa shape index (κ3) is 3.87. The van der Waals surface area contributed by atoms with Gasteiger partial charge in [-0.15, -0.1) is 0 Å². The molecule has 0 aliphatic carbocycles. The van der Waals surface area contributed by atoms with E-state index in [9.17, 15) is 9.90 Å². The summed E-state index contributed by atoms with van der Waals surface area (Å²) in [4.78, 5) is 19.2. The number of carbonyl (C=O) groups is 1. The highest BCUT2D eigenvalue weighted by Crippen LogP contribution is 2.29. The van der Waals surface area contributed by atoms with Crippen molar-refractivity contribution < 1.29 is 9.90 Å². The number of aromatic nitrogens is 1. The molecule has 1 aliphatic rings. The molecule has 0 saturated carbocycles. The van der Waals surface area contributed by atoms with Crippen molar-refractivity contribution in [1.82, 2.24) is 9.88 Å². The van der Waals surface area contributed by atoms with Crippen LogP contribution >= 0.6 is 11.3 Å². The van der Waals surface area contributed by atoms with Crippen LogP contribution in [0.5, 0.6) is 5.88 Å². The van der Waals surface area contributed by atoms with Crippen LogP contribution in [0.1, 0.15) is 29.9 Å². The van der Waals surface area contributed by atoms with Gasteiger partial charge < -0.3 is 15.3 Å². The van der Waals surface area contributed by atoms with Crippen LogP contribution in [-0.4, -0.2) is 34.0 Å². The molecule has 2 heterocycles. The smallest absolute Gasteiger partial charge is 0.228 e. The molecule has 1 aromatic carbocycles. The first-order valence-corrected chi connectivity index (χ1v) is 9.11. The Morgan fingerprint density at radius 2 is 2.12 bits per heavy atom. The fourth-order valence-electron chi connectivity index (χ4n) is 2.78. The molecule has 0 unspecified atom stereocenters. The Bertz CT molecular complexity index is 727. The molecule has 0 fully saturated rings. The van der Waals surface area contributed by atoms with Gasteiger partial charge in [0, 0.05) is 19.6 Å². The molecule has 0 spiro atoms. The predicted octanol–water partition coefficient (Wildman–Crippen LogP) is 3.04. The van der Waals surface area contributed by atoms with Crippen LogP contribution in [-0.2, 0) is 24.2 Å². The summed E-state index contributed by atoms with van der Waals surface area (Å²) >= 11 is 1.36. The monoisotopic (exact) mass is 345 g/mol. The van der Waals surface area contributed by atoms with Crippen LogP contribution in [0.3, 0.4) is 0 Å². The molecule has 5 nitrogen and oxygen atoms in total. The van der Waals surface area contributed by atoms with Crippen molar-refractivity contribution in [3.05, 3.63) is 40.3 Å². The molecule has 0 atom stereocenters. The number of hydrogen-bond acceptors (Lipinski definition) is 5. The number of nitrogens with one attached hydrogen (secondary N) is 1. The summed E-state index contributed by atoms with van der Waals surface area (Å²) in [5.74, 6) is 0.505. The van der Waals surface area contributed by atoms with E-state index >= 15 is 0 Å². The van der Waals surface area contributed by atoms with Crippen LogP contribution in [0.25, 0.3) is 0 Å². The molecular weight excluding hydrogens is 322 g/mol. The lowest BCUT2D eigenvalue weighted by atomic mass is 10.00. The quantitative estimate of drug-likeness (QED) is 0.874. The average molecular weight is 345 g/mol. The van der Waals surface area contributed by atoms with Crippen LogP contribution in [0.15, 0.2) is 24.3 Å². The number of carbonyl (C=O) groups excluding carboxylic acids is 1. The van der Waals surface area contributed by atoms with Gasteiger partial charge in [-0.2, -0.15) is 4.98 Å². The normalized spacial score (nSPS) is 13.9. The molecule has 1 aromatic heterocycles. The van der Waals surface area contributed by atoms with E-state index in [1.54, 1.807) is 0 Å². The fraction of sp³-hybridized carbons (Fsp3) is 0.444. The topological polar surface area (TPSA) is 65.5 Å². The average Bonchev–Trinajstić information content (AvgIpc) is 2.92. The molecule has 24 heavy (non-hydrogen) atoms. The summed E-state index contributed by atoms with van der Waals surface area (Å²) in [5, 5.41) is 13.9. The Hall–Kier alpha value is -2.08. The van der Waals surface area contributed by atoms with E-state index in [0.29, 0.717) is 22.5 Å². The largest absolute Gasteiger partial charge is 0.492 e. The number of thiazole rings is 1. The highest BCUT2D eigenvalue weighted by Gasteiger charge is 2.22. The van der Waals surface area contributed by atoms with Crippen LogP contribution in [0.2, 0.25) is 0 Å². The van der Waals surface area contributed by atoms with E-state index < -0.39 is 0 Å². The minimum Gasteiger partial charge on any atom is -0.492 e. The van der Waals surface area contributed by atoms with Crippen molar-refractivity contribution in [2.75, 3.05) is 18.4 Å². The number of fused-ring (bicyclic) bond motifs is 1. The summed E-state index contributed by atoms with van der Waals surface area (Å²) in [5.41, 5.74) is 2.53. The summed E-state index contributed by atoms with van der Waals surface area (Å²) in [7, 11) is 0. The number of aromatic hydroxyl groups is 1. The summed E-state index contributed by atoms with van der Waals surface area (Å²) < 4.78 is 0. The van der Waals surface area contributed by atoms with E-state index in [1.165, 1.54) is 22.5 Å². The maximum atomic E-state index is 12.6. The third-order valence-corrected chi connectivity index (χ3v) is 5.14. The molecule has 2 aromatic rings. The van der Waals surface area contributed by atoms with E-state index in [4.69, 9.17) is 0 Å². The Morgan fingerprint density at radius 1 is 1.38 bits per heavy atom. The lowest BCUT2D eigenvalue weighted by Crippen LogP contribution is -2.36. The Kier molecular flexibility index (Phi) is 5.04. The van der Waals surface area contributed by atoms with Gasteiger partial charge in [0.15, 0.2) is 5.13 Å². The highest BCUT2D eigenvalue weighted by atomic mass is 32.1. The van der Waals surface area contributed by atoms with Crippen molar-refractivity contribution in [2.45, 2.75) is 33.2 Å². The van der Waals surface area contributed by atoms with Crippen molar-refractivity contribution in [3.8, 4) is 5.88 Å². The number of hydrogen-bond donors (Lipinski definition) is 2. The fourth-order valence-corrected chi connectivity index (χ4v) is 3.64. The molecule has 2 N–H and O–H groups in total. The SMILES string of the molecule is CC(C)CNc1nc(O)c(CC(=O)N2CCc3ccccc3C2)s1. The molecule has 1 aliphatic heterocycles. The maximum absolute atomic E-state index is 12.6. The van der Waals surface area contributed by atoms with Crippen LogP contribution < -0.4 is 5.32 Å². The van der Waals surface area contributed by atoms with Crippen molar-refractivity contribution in [1.29, 1.82) is 0 Å². The Morgan fingerprint density at radius 3 is 2.88 bits per heavy atom. The van der Waals surface area contributed by atoms with Gasteiger partial charge >= 0.3 is 0 Å². The van der Waals surface area contributed by atoms with Gasteiger partial charge in [-0.25, -0.2) is 0 Å². The molecule has 0 bridgehead atoms. The lowest BCUT2D eigenvalue weighted by molar-refractivity contribution is -0.131. The van der Waals surface area contributed by atoms with Gasteiger partial charge in [-0.05, 0) is 23.5 Å². The zero-order chi connectivity index (χ0) is 17.1. The second-order valence-electron chi connectivity index (χ2n) is 6.55. The van der Waals surface area contributed by atoms with Gasteiger partial charge in [0.05, 0.1) is 11.3 Å². The van der Waals surface area contributed by atoms with E-state index in [1.807, 2.05) is 17.0 Å². The number of benzene rings is 1. The first-order chi connectivity index (χ1) is 11.5. The molecule has 0 saturated heterocycles. The number of amides is 1. The summed E-state index contributed by atoms with van der Waals surface area (Å²) in [6.45, 7) is 6.39. The van der Waals surface area contributed by atoms with Crippen molar-refractivity contribution in [2.24, 2.45) is 5.92 Å². The zero-order valence-corrected chi connectivity index (χ0v) is 14.9. The van der Waals surface area contributed by atoms with Crippen LogP contribution in [0, 0.1) is 5.92 Å². The molecule has 3 rings (SSSR count). The second-order valence-corrected chi connectivity index (χ2v) is 7.63. The lowest BCUT2D eigenvalue weighted by Gasteiger charge is -2.28. The van der Waals surface area contributed by atoms with Crippen molar-refractivity contribution >= 4 is 22.4 Å². The van der Waals surface area contributed by atoms with Gasteiger partial charge in [0.2, 0.25) is 11.8 Å². The van der Waals surface area contributed by atoms with E-state index in [2.05, 4.69) is 36.3 Å². The van der Waals surface area contributed by atoms with E-state index in [-0.39, 0.29) is 18.2 Å². The zero-order valence-electron chi connectivity index (χ0n) is 14.1. The van der Waals surface area contributed by atoms with Gasteiger partial charge in [-0.1, -0.05) is 49.4 Å². The van der Waals surface area contributed by atoms with Gasteiger partial charge in [0.1, 0.15) is 0 Å². The number of rotatable bonds is 5. The summed E-state index contributed by atoms with van der Waals surface area (Å²) in [6.07, 6.45) is 1.09. The molecule has 128 valence electrons. The maximum Gasteiger partial charge on any atom is 0.228 e. The molecule has 6 heteroatoms. The van der Waals surface area contributed by atoms with Gasteiger partial charge in [0.25, 0.3) is 0 Å². The van der Waals surface area contributed by atoms with Crippen molar-refractivity contribution in [3.63, 3.8) is 0 Å². The predicted molar refractivity (Wildman–Crippen MR) is 96.4 cm³/mol. The standard InChI is InChI=1S/C18H23N3O2S/c1-12(2)10-19-18-20-17(23)15(24-18)9-16(22)21-8-7-13-5-3-4-6-14(13)11-21/h3-6,12,23H,7-11H2,1-2H3,(H,19,20). The minimum atomic E-state index is -0.0305. The third-order valence-electron chi connectivity index (χ3n) is 4.13. The Labute approximate surface area is 146 Å². The molecular formula is C18H23N3O2S. The van der Waals surface area contributed by atoms with E-state index in [0.717, 1.165) is 19.5 Å². The first kappa shape index (κ1) is 16.8. The summed E-state index contributed by atoms with van der Waals surface area (Å²) in [6, 6.07) is 8.25. The molecule has 1 amide bonds. The second kappa shape index (κ2) is 7.21.